The quantitative estimate of drug-likeness (QED) is 0.627. The highest BCUT2D eigenvalue weighted by molar-refractivity contribution is 9.11. The van der Waals surface area contributed by atoms with Gasteiger partial charge in [0, 0.05) is 10.9 Å². The fourth-order valence-electron chi connectivity index (χ4n) is 1.96. The number of nitrogens with zero attached hydrogens (tertiary/aromatic N) is 1. The number of hydrogen-bond acceptors (Lipinski definition) is 5. The molecule has 9 heteroatoms. The second-order valence-corrected chi connectivity index (χ2v) is 8.20. The van der Waals surface area contributed by atoms with Crippen molar-refractivity contribution in [2.24, 2.45) is 0 Å². The Morgan fingerprint density at radius 1 is 1.24 bits per heavy atom. The molecule has 0 aliphatic heterocycles. The average molecular weight is 440 g/mol. The monoisotopic (exact) mass is 439 g/mol. The number of anilines is 1. The van der Waals surface area contributed by atoms with Crippen molar-refractivity contribution in [2.75, 3.05) is 11.9 Å². The van der Waals surface area contributed by atoms with Gasteiger partial charge >= 0.3 is 0 Å². The number of carbonyl (C=O) groups is 2. The highest BCUT2D eigenvalue weighted by Gasteiger charge is 2.12. The van der Waals surface area contributed by atoms with E-state index >= 15 is 0 Å². The van der Waals surface area contributed by atoms with Crippen molar-refractivity contribution in [3.05, 3.63) is 56.3 Å². The molecule has 0 radical (unpaired) electrons. The predicted molar refractivity (Wildman–Crippen MR) is 100 cm³/mol. The van der Waals surface area contributed by atoms with Crippen LogP contribution in [0.3, 0.4) is 0 Å². The largest absolute Gasteiger partial charge is 0.342 e. The van der Waals surface area contributed by atoms with E-state index < -0.39 is 0 Å². The Labute approximate surface area is 159 Å². The van der Waals surface area contributed by atoms with E-state index in [9.17, 15) is 14.0 Å². The summed E-state index contributed by atoms with van der Waals surface area (Å²) in [4.78, 5) is 28.6. The molecule has 2 amide bonds. The summed E-state index contributed by atoms with van der Waals surface area (Å²) in [6.07, 6.45) is 0. The second-order valence-electron chi connectivity index (χ2n) is 4.88. The van der Waals surface area contributed by atoms with Crippen LogP contribution in [0.4, 0.5) is 9.52 Å². The van der Waals surface area contributed by atoms with E-state index in [-0.39, 0.29) is 24.2 Å². The Bertz CT molecular complexity index is 926. The lowest BCUT2D eigenvalue weighted by Gasteiger charge is -2.03. The van der Waals surface area contributed by atoms with E-state index in [0.717, 1.165) is 3.79 Å². The molecule has 0 bridgehead atoms. The molecule has 2 aromatic heterocycles. The Balaban J connectivity index is 1.56. The van der Waals surface area contributed by atoms with E-state index in [4.69, 9.17) is 0 Å². The van der Waals surface area contributed by atoms with Gasteiger partial charge in [-0.3, -0.25) is 9.59 Å². The molecule has 25 heavy (non-hydrogen) atoms. The molecule has 3 aromatic rings. The first-order valence-electron chi connectivity index (χ1n) is 7.06. The van der Waals surface area contributed by atoms with Crippen LogP contribution in [0.25, 0.3) is 11.3 Å². The van der Waals surface area contributed by atoms with Crippen molar-refractivity contribution in [3.8, 4) is 11.3 Å². The minimum Gasteiger partial charge on any atom is -0.342 e. The van der Waals surface area contributed by atoms with Crippen LogP contribution < -0.4 is 10.6 Å². The minimum absolute atomic E-state index is 0.163. The number of carbonyl (C=O) groups excluding carboxylic acids is 2. The van der Waals surface area contributed by atoms with Crippen LogP contribution in [0, 0.1) is 5.82 Å². The van der Waals surface area contributed by atoms with Gasteiger partial charge in [0.15, 0.2) is 5.13 Å². The SMILES string of the molecule is O=C(CNC(=O)c1ccc(Br)s1)Nc1nc(-c2cccc(F)c2)cs1. The van der Waals surface area contributed by atoms with Crippen LogP contribution in [0.2, 0.25) is 0 Å². The average Bonchev–Trinajstić information content (AvgIpc) is 3.22. The summed E-state index contributed by atoms with van der Waals surface area (Å²) in [5.74, 6) is -1.05. The lowest BCUT2D eigenvalue weighted by Crippen LogP contribution is -2.32. The van der Waals surface area contributed by atoms with Crippen molar-refractivity contribution >= 4 is 55.5 Å². The standard InChI is InChI=1S/C16H11BrFN3O2S2/c17-13-5-4-12(25-13)15(23)19-7-14(22)21-16-20-11(8-24-16)9-2-1-3-10(18)6-9/h1-6,8H,7H2,(H,19,23)(H,20,21,22). The number of amides is 2. The van der Waals surface area contributed by atoms with Crippen LogP contribution in [0.5, 0.6) is 0 Å². The van der Waals surface area contributed by atoms with Gasteiger partial charge in [-0.2, -0.15) is 0 Å². The summed E-state index contributed by atoms with van der Waals surface area (Å²) >= 11 is 5.80. The third-order valence-corrected chi connectivity index (χ3v) is 5.46. The maximum atomic E-state index is 13.3. The van der Waals surface area contributed by atoms with E-state index in [1.54, 1.807) is 29.6 Å². The number of rotatable bonds is 5. The predicted octanol–water partition coefficient (Wildman–Crippen LogP) is 4.14. The summed E-state index contributed by atoms with van der Waals surface area (Å²) in [7, 11) is 0. The number of aromatic nitrogens is 1. The fraction of sp³-hybridized carbons (Fsp3) is 0.0625. The van der Waals surface area contributed by atoms with Gasteiger partial charge in [-0.15, -0.1) is 22.7 Å². The summed E-state index contributed by atoms with van der Waals surface area (Å²) < 4.78 is 14.1. The van der Waals surface area contributed by atoms with Crippen molar-refractivity contribution < 1.29 is 14.0 Å². The number of benzene rings is 1. The fourth-order valence-corrected chi connectivity index (χ4v) is 4.00. The number of halogens is 2. The zero-order valence-electron chi connectivity index (χ0n) is 12.6. The first kappa shape index (κ1) is 17.7. The van der Waals surface area contributed by atoms with Gasteiger partial charge < -0.3 is 10.6 Å². The molecule has 0 spiro atoms. The molecule has 0 fully saturated rings. The number of hydrogen-bond donors (Lipinski definition) is 2. The molecule has 0 aliphatic rings. The maximum Gasteiger partial charge on any atom is 0.261 e. The lowest BCUT2D eigenvalue weighted by atomic mass is 10.2. The third-order valence-electron chi connectivity index (χ3n) is 3.08. The summed E-state index contributed by atoms with van der Waals surface area (Å²) in [5.41, 5.74) is 1.21. The van der Waals surface area contributed by atoms with Crippen LogP contribution in [0.15, 0.2) is 45.6 Å². The molecule has 3 rings (SSSR count). The van der Waals surface area contributed by atoms with Crippen LogP contribution >= 0.6 is 38.6 Å². The van der Waals surface area contributed by atoms with Gasteiger partial charge in [0.2, 0.25) is 5.91 Å². The second kappa shape index (κ2) is 7.85. The maximum absolute atomic E-state index is 13.3. The van der Waals surface area contributed by atoms with Gasteiger partial charge in [-0.25, -0.2) is 9.37 Å². The van der Waals surface area contributed by atoms with Crippen LogP contribution in [0.1, 0.15) is 9.67 Å². The minimum atomic E-state index is -0.385. The van der Waals surface area contributed by atoms with E-state index in [1.807, 2.05) is 0 Å². The van der Waals surface area contributed by atoms with Crippen LogP contribution in [-0.2, 0) is 4.79 Å². The molecule has 2 N–H and O–H groups in total. The first-order valence-corrected chi connectivity index (χ1v) is 9.55. The first-order chi connectivity index (χ1) is 12.0. The molecule has 0 atom stereocenters. The van der Waals surface area contributed by atoms with Crippen molar-refractivity contribution in [3.63, 3.8) is 0 Å². The molecule has 0 aliphatic carbocycles. The normalized spacial score (nSPS) is 10.5. The van der Waals surface area contributed by atoms with Crippen molar-refractivity contribution in [1.82, 2.24) is 10.3 Å². The Hall–Kier alpha value is -2.10. The van der Waals surface area contributed by atoms with E-state index in [0.29, 0.717) is 21.3 Å². The molecule has 128 valence electrons. The van der Waals surface area contributed by atoms with Gasteiger partial charge in [-0.1, -0.05) is 12.1 Å². The zero-order valence-corrected chi connectivity index (χ0v) is 15.8. The van der Waals surface area contributed by atoms with Crippen molar-refractivity contribution in [1.29, 1.82) is 0 Å². The van der Waals surface area contributed by atoms with Gasteiger partial charge in [0.05, 0.1) is 20.9 Å². The number of thiophene rings is 1. The summed E-state index contributed by atoms with van der Waals surface area (Å²) in [5, 5.41) is 7.27. The summed E-state index contributed by atoms with van der Waals surface area (Å²) in [6, 6.07) is 9.51. The molecule has 2 heterocycles. The molecule has 1 aromatic carbocycles. The molecular formula is C16H11BrFN3O2S2. The topological polar surface area (TPSA) is 71.1 Å². The lowest BCUT2D eigenvalue weighted by molar-refractivity contribution is -0.115. The Morgan fingerprint density at radius 2 is 2.08 bits per heavy atom. The smallest absolute Gasteiger partial charge is 0.261 e. The molecule has 5 nitrogen and oxygen atoms in total. The molecule has 0 saturated heterocycles. The number of thiazole rings is 1. The van der Waals surface area contributed by atoms with Gasteiger partial charge in [0.1, 0.15) is 5.82 Å². The third kappa shape index (κ3) is 4.71. The number of nitrogens with one attached hydrogen (secondary N) is 2. The molecular weight excluding hydrogens is 429 g/mol. The molecule has 0 unspecified atom stereocenters. The van der Waals surface area contributed by atoms with Crippen LogP contribution in [-0.4, -0.2) is 23.3 Å². The van der Waals surface area contributed by atoms with E-state index in [2.05, 4.69) is 31.5 Å². The van der Waals surface area contributed by atoms with Gasteiger partial charge in [-0.05, 0) is 40.2 Å². The Morgan fingerprint density at radius 3 is 2.80 bits per heavy atom. The highest BCUT2D eigenvalue weighted by atomic mass is 79.9. The Kier molecular flexibility index (Phi) is 5.57. The highest BCUT2D eigenvalue weighted by Crippen LogP contribution is 2.25. The van der Waals surface area contributed by atoms with Gasteiger partial charge in [0.25, 0.3) is 5.91 Å². The van der Waals surface area contributed by atoms with E-state index in [1.165, 1.54) is 34.8 Å². The molecule has 0 saturated carbocycles. The zero-order chi connectivity index (χ0) is 17.8. The summed E-state index contributed by atoms with van der Waals surface area (Å²) in [6.45, 7) is -0.163. The van der Waals surface area contributed by atoms with Crippen molar-refractivity contribution in [2.45, 2.75) is 0 Å².